The molecule has 0 bridgehead atoms. The molecule has 3 aromatic rings. The SMILES string of the molecule is CCCn1c(Sc2ccc(C#N)cc2[N+](=O)[O-])nnc1-c1ccncc1. The van der Waals surface area contributed by atoms with Crippen molar-refractivity contribution in [1.82, 2.24) is 19.7 Å². The lowest BCUT2D eigenvalue weighted by atomic mass is 10.2. The monoisotopic (exact) mass is 366 g/mol. The molecule has 130 valence electrons. The number of pyridine rings is 1. The molecular formula is C17H14N6O2S. The van der Waals surface area contributed by atoms with Crippen LogP contribution in [0.15, 0.2) is 52.8 Å². The van der Waals surface area contributed by atoms with E-state index in [1.807, 2.05) is 29.7 Å². The molecule has 1 aromatic carbocycles. The van der Waals surface area contributed by atoms with Crippen molar-refractivity contribution in [2.45, 2.75) is 29.9 Å². The molecule has 0 atom stereocenters. The summed E-state index contributed by atoms with van der Waals surface area (Å²) in [6, 6.07) is 10.00. The van der Waals surface area contributed by atoms with E-state index in [2.05, 4.69) is 15.2 Å². The van der Waals surface area contributed by atoms with Gasteiger partial charge in [0, 0.05) is 30.6 Å². The third-order valence-electron chi connectivity index (χ3n) is 3.59. The van der Waals surface area contributed by atoms with Gasteiger partial charge >= 0.3 is 0 Å². The van der Waals surface area contributed by atoms with Gasteiger partial charge in [-0.05, 0) is 42.4 Å². The highest BCUT2D eigenvalue weighted by atomic mass is 32.2. The first-order valence-electron chi connectivity index (χ1n) is 7.84. The number of hydrogen-bond acceptors (Lipinski definition) is 7. The van der Waals surface area contributed by atoms with Gasteiger partial charge in [-0.15, -0.1) is 10.2 Å². The second-order valence-electron chi connectivity index (χ2n) is 5.35. The zero-order valence-corrected chi connectivity index (χ0v) is 14.7. The molecule has 0 amide bonds. The molecule has 0 spiro atoms. The van der Waals surface area contributed by atoms with Crippen LogP contribution in [0.2, 0.25) is 0 Å². The molecule has 0 aliphatic heterocycles. The minimum absolute atomic E-state index is 0.120. The zero-order valence-electron chi connectivity index (χ0n) is 13.9. The summed E-state index contributed by atoms with van der Waals surface area (Å²) in [5, 5.41) is 29.3. The fourth-order valence-electron chi connectivity index (χ4n) is 2.42. The summed E-state index contributed by atoms with van der Waals surface area (Å²) in [6.45, 7) is 2.71. The number of aromatic nitrogens is 4. The summed E-state index contributed by atoms with van der Waals surface area (Å²) in [6.07, 6.45) is 4.22. The lowest BCUT2D eigenvalue weighted by molar-refractivity contribution is -0.387. The molecular weight excluding hydrogens is 352 g/mol. The van der Waals surface area contributed by atoms with E-state index in [9.17, 15) is 10.1 Å². The van der Waals surface area contributed by atoms with Crippen LogP contribution in [0, 0.1) is 21.4 Å². The van der Waals surface area contributed by atoms with Crippen molar-refractivity contribution in [3.8, 4) is 17.5 Å². The Morgan fingerprint density at radius 3 is 2.69 bits per heavy atom. The third kappa shape index (κ3) is 3.55. The molecule has 2 heterocycles. The molecule has 8 nitrogen and oxygen atoms in total. The first-order valence-corrected chi connectivity index (χ1v) is 8.65. The first kappa shape index (κ1) is 17.6. The maximum Gasteiger partial charge on any atom is 0.284 e. The Labute approximate surface area is 153 Å². The highest BCUT2D eigenvalue weighted by Gasteiger charge is 2.20. The van der Waals surface area contributed by atoms with Gasteiger partial charge in [0.1, 0.15) is 0 Å². The van der Waals surface area contributed by atoms with Crippen LogP contribution in [0.4, 0.5) is 5.69 Å². The van der Waals surface area contributed by atoms with Gasteiger partial charge in [-0.3, -0.25) is 15.1 Å². The van der Waals surface area contributed by atoms with Crippen LogP contribution in [0.5, 0.6) is 0 Å². The molecule has 0 fully saturated rings. The number of nitrogens with zero attached hydrogens (tertiary/aromatic N) is 6. The van der Waals surface area contributed by atoms with Crippen molar-refractivity contribution < 1.29 is 4.92 Å². The Morgan fingerprint density at radius 2 is 2.04 bits per heavy atom. The van der Waals surface area contributed by atoms with Crippen molar-refractivity contribution in [2.75, 3.05) is 0 Å². The lowest BCUT2D eigenvalue weighted by Crippen LogP contribution is -2.02. The van der Waals surface area contributed by atoms with Crippen LogP contribution in [0.3, 0.4) is 0 Å². The molecule has 0 N–H and O–H groups in total. The standard InChI is InChI=1S/C17H14N6O2S/c1-2-9-22-16(13-5-7-19-8-6-13)20-21-17(22)26-15-4-3-12(11-18)10-14(15)23(24)25/h3-8,10H,2,9H2,1H3. The van der Waals surface area contributed by atoms with Crippen LogP contribution >= 0.6 is 11.8 Å². The maximum atomic E-state index is 11.4. The van der Waals surface area contributed by atoms with Gasteiger partial charge in [0.25, 0.3) is 5.69 Å². The van der Waals surface area contributed by atoms with Crippen LogP contribution in [0.1, 0.15) is 18.9 Å². The van der Waals surface area contributed by atoms with Crippen LogP contribution in [-0.2, 0) is 6.54 Å². The van der Waals surface area contributed by atoms with Gasteiger partial charge in [0.15, 0.2) is 11.0 Å². The minimum Gasteiger partial charge on any atom is -0.302 e. The largest absolute Gasteiger partial charge is 0.302 e. The van der Waals surface area contributed by atoms with Crippen molar-refractivity contribution in [2.24, 2.45) is 0 Å². The van der Waals surface area contributed by atoms with E-state index in [0.717, 1.165) is 12.0 Å². The summed E-state index contributed by atoms with van der Waals surface area (Å²) < 4.78 is 1.93. The summed E-state index contributed by atoms with van der Waals surface area (Å²) in [5.41, 5.74) is 1.00. The lowest BCUT2D eigenvalue weighted by Gasteiger charge is -2.09. The highest BCUT2D eigenvalue weighted by Crippen LogP contribution is 2.36. The average Bonchev–Trinajstić information content (AvgIpc) is 3.05. The zero-order chi connectivity index (χ0) is 18.5. The van der Waals surface area contributed by atoms with Crippen molar-refractivity contribution in [1.29, 1.82) is 5.26 Å². The number of nitro benzene ring substituents is 1. The predicted octanol–water partition coefficient (Wildman–Crippen LogP) is 3.68. The number of hydrogen-bond donors (Lipinski definition) is 0. The van der Waals surface area contributed by atoms with Gasteiger partial charge in [0.2, 0.25) is 0 Å². The Kier molecular flexibility index (Phi) is 5.24. The summed E-state index contributed by atoms with van der Waals surface area (Å²) in [7, 11) is 0. The molecule has 0 saturated carbocycles. The predicted molar refractivity (Wildman–Crippen MR) is 95.5 cm³/mol. The number of nitriles is 1. The van der Waals surface area contributed by atoms with Crippen molar-refractivity contribution in [3.63, 3.8) is 0 Å². The Morgan fingerprint density at radius 1 is 1.27 bits per heavy atom. The van der Waals surface area contributed by atoms with E-state index in [-0.39, 0.29) is 11.3 Å². The number of nitro groups is 1. The molecule has 0 aliphatic carbocycles. The van der Waals surface area contributed by atoms with Crippen molar-refractivity contribution in [3.05, 3.63) is 58.4 Å². The molecule has 26 heavy (non-hydrogen) atoms. The van der Waals surface area contributed by atoms with Gasteiger partial charge in [-0.2, -0.15) is 5.26 Å². The van der Waals surface area contributed by atoms with Crippen LogP contribution in [-0.4, -0.2) is 24.7 Å². The summed E-state index contributed by atoms with van der Waals surface area (Å²) >= 11 is 1.17. The quantitative estimate of drug-likeness (QED) is 0.483. The normalized spacial score (nSPS) is 10.5. The fourth-order valence-corrected chi connectivity index (χ4v) is 3.36. The Hall–Kier alpha value is -3.25. The minimum atomic E-state index is -0.493. The van der Waals surface area contributed by atoms with E-state index in [4.69, 9.17) is 5.26 Å². The van der Waals surface area contributed by atoms with Gasteiger partial charge < -0.3 is 4.57 Å². The van der Waals surface area contributed by atoms with E-state index in [1.165, 1.54) is 17.8 Å². The van der Waals surface area contributed by atoms with Gasteiger partial charge in [-0.1, -0.05) is 6.92 Å². The third-order valence-corrected chi connectivity index (χ3v) is 4.64. The number of rotatable bonds is 6. The summed E-state index contributed by atoms with van der Waals surface area (Å²) in [5.74, 6) is 0.688. The maximum absolute atomic E-state index is 11.4. The Balaban J connectivity index is 2.02. The van der Waals surface area contributed by atoms with E-state index in [1.54, 1.807) is 24.5 Å². The summed E-state index contributed by atoms with van der Waals surface area (Å²) in [4.78, 5) is 15.3. The molecule has 0 unspecified atom stereocenters. The van der Waals surface area contributed by atoms with Crippen molar-refractivity contribution >= 4 is 17.4 Å². The molecule has 0 radical (unpaired) electrons. The molecule has 0 saturated heterocycles. The molecule has 3 rings (SSSR count). The number of benzene rings is 1. The molecule has 0 aliphatic rings. The van der Waals surface area contributed by atoms with Crippen LogP contribution in [0.25, 0.3) is 11.4 Å². The van der Waals surface area contributed by atoms with Crippen LogP contribution < -0.4 is 0 Å². The van der Waals surface area contributed by atoms with E-state index < -0.39 is 4.92 Å². The van der Waals surface area contributed by atoms with E-state index >= 15 is 0 Å². The van der Waals surface area contributed by atoms with E-state index in [0.29, 0.717) is 22.4 Å². The molecule has 2 aromatic heterocycles. The first-order chi connectivity index (χ1) is 12.6. The average molecular weight is 366 g/mol. The topological polar surface area (TPSA) is 111 Å². The van der Waals surface area contributed by atoms with Gasteiger partial charge in [-0.25, -0.2) is 0 Å². The second kappa shape index (κ2) is 7.76. The highest BCUT2D eigenvalue weighted by molar-refractivity contribution is 7.99. The fraction of sp³-hybridized carbons (Fsp3) is 0.176. The van der Waals surface area contributed by atoms with Gasteiger partial charge in [0.05, 0.1) is 21.5 Å². The molecule has 9 heteroatoms. The Bertz CT molecular complexity index is 981. The smallest absolute Gasteiger partial charge is 0.284 e. The second-order valence-corrected chi connectivity index (χ2v) is 6.36.